The van der Waals surface area contributed by atoms with Crippen LogP contribution in [0.1, 0.15) is 16.1 Å². The van der Waals surface area contributed by atoms with Gasteiger partial charge in [-0.3, -0.25) is 4.79 Å². The largest absolute Gasteiger partial charge is 0.471 e. The van der Waals surface area contributed by atoms with Gasteiger partial charge in [0.05, 0.1) is 11.4 Å². The molecule has 7 nitrogen and oxygen atoms in total. The van der Waals surface area contributed by atoms with Crippen LogP contribution in [-0.4, -0.2) is 25.5 Å². The van der Waals surface area contributed by atoms with Gasteiger partial charge in [-0.25, -0.2) is 9.36 Å². The first kappa shape index (κ1) is 22.6. The molecule has 0 bridgehead atoms. The summed E-state index contributed by atoms with van der Waals surface area (Å²) in [6, 6.07) is 29.0. The quantitative estimate of drug-likeness (QED) is 0.290. The first-order valence-corrected chi connectivity index (χ1v) is 11.8. The highest BCUT2D eigenvalue weighted by Crippen LogP contribution is 2.23. The number of nitrogens with zero attached hydrogens (tertiary/aromatic N) is 4. The molecule has 2 aromatic heterocycles. The molecule has 3 aromatic carbocycles. The molecule has 0 aliphatic heterocycles. The number of hydrogen-bond donors (Lipinski definition) is 1. The average molecular weight is 528 g/mol. The van der Waals surface area contributed by atoms with Crippen molar-refractivity contribution in [2.75, 3.05) is 0 Å². The predicted molar refractivity (Wildman–Crippen MR) is 137 cm³/mol. The van der Waals surface area contributed by atoms with Crippen LogP contribution in [0.2, 0.25) is 0 Å². The highest BCUT2D eigenvalue weighted by Gasteiger charge is 2.15. The van der Waals surface area contributed by atoms with Gasteiger partial charge in [0, 0.05) is 34.5 Å². The highest BCUT2D eigenvalue weighted by atomic mass is 79.9. The molecule has 0 unspecified atom stereocenters. The van der Waals surface area contributed by atoms with E-state index in [0.717, 1.165) is 32.7 Å². The van der Waals surface area contributed by atoms with Gasteiger partial charge in [-0.15, -0.1) is 0 Å². The molecule has 5 aromatic rings. The number of aromatic nitrogens is 4. The smallest absolute Gasteiger partial charge is 0.272 e. The van der Waals surface area contributed by atoms with Crippen LogP contribution in [0.4, 0.5) is 0 Å². The fraction of sp³-hybridized carbons (Fsp3) is 0.0741. The van der Waals surface area contributed by atoms with Gasteiger partial charge in [0.15, 0.2) is 6.73 Å². The van der Waals surface area contributed by atoms with Gasteiger partial charge in [-0.2, -0.15) is 10.2 Å². The minimum Gasteiger partial charge on any atom is -0.471 e. The van der Waals surface area contributed by atoms with Gasteiger partial charge >= 0.3 is 0 Å². The number of carbonyl (C=O) groups is 1. The van der Waals surface area contributed by atoms with Gasteiger partial charge < -0.3 is 10.1 Å². The Labute approximate surface area is 211 Å². The number of amides is 1. The van der Waals surface area contributed by atoms with Gasteiger partial charge in [-0.1, -0.05) is 64.5 Å². The second-order valence-electron chi connectivity index (χ2n) is 7.80. The van der Waals surface area contributed by atoms with Crippen molar-refractivity contribution >= 4 is 21.8 Å². The molecule has 0 saturated heterocycles. The monoisotopic (exact) mass is 527 g/mol. The van der Waals surface area contributed by atoms with Crippen molar-refractivity contribution in [2.24, 2.45) is 0 Å². The van der Waals surface area contributed by atoms with Gasteiger partial charge in [0.25, 0.3) is 5.91 Å². The number of halogens is 1. The van der Waals surface area contributed by atoms with Crippen molar-refractivity contribution in [3.63, 3.8) is 0 Å². The number of para-hydroxylation sites is 1. The van der Waals surface area contributed by atoms with Crippen LogP contribution >= 0.6 is 15.9 Å². The number of hydrogen-bond acceptors (Lipinski definition) is 4. The van der Waals surface area contributed by atoms with Crippen molar-refractivity contribution in [2.45, 2.75) is 13.3 Å². The van der Waals surface area contributed by atoms with E-state index < -0.39 is 0 Å². The maximum atomic E-state index is 12.8. The third kappa shape index (κ3) is 5.50. The molecule has 1 amide bonds. The second-order valence-corrected chi connectivity index (χ2v) is 8.72. The maximum absolute atomic E-state index is 12.8. The van der Waals surface area contributed by atoms with Crippen LogP contribution in [0.25, 0.3) is 16.9 Å². The van der Waals surface area contributed by atoms with E-state index in [4.69, 9.17) is 9.84 Å². The molecule has 0 aliphatic carbocycles. The first-order chi connectivity index (χ1) is 17.2. The molecule has 0 saturated carbocycles. The third-order valence-electron chi connectivity index (χ3n) is 5.35. The van der Waals surface area contributed by atoms with E-state index >= 15 is 0 Å². The van der Waals surface area contributed by atoms with Crippen LogP contribution < -0.4 is 10.1 Å². The second kappa shape index (κ2) is 10.4. The lowest BCUT2D eigenvalue weighted by atomic mass is 10.1. The molecule has 35 heavy (non-hydrogen) atoms. The van der Waals surface area contributed by atoms with Gasteiger partial charge in [0.2, 0.25) is 0 Å². The summed E-state index contributed by atoms with van der Waals surface area (Å²) in [5, 5.41) is 12.1. The molecule has 1 N–H and O–H groups in total. The van der Waals surface area contributed by atoms with E-state index in [9.17, 15) is 4.79 Å². The predicted octanol–water partition coefficient (Wildman–Crippen LogP) is 5.46. The SMILES string of the molecule is O=C(NCc1cn(-c2ccccc2)nc1-c1ccccc1)c1ccn(COc2ccc(Br)cc2)n1. The molecule has 0 atom stereocenters. The van der Waals surface area contributed by atoms with E-state index in [1.54, 1.807) is 16.9 Å². The lowest BCUT2D eigenvalue weighted by Crippen LogP contribution is -2.23. The van der Waals surface area contributed by atoms with Crippen molar-refractivity contribution in [1.29, 1.82) is 0 Å². The van der Waals surface area contributed by atoms with Gasteiger partial charge in [0.1, 0.15) is 11.4 Å². The molecule has 8 heteroatoms. The zero-order valence-electron chi connectivity index (χ0n) is 18.7. The number of ether oxygens (including phenoxy) is 1. The minimum atomic E-state index is -0.265. The summed E-state index contributed by atoms with van der Waals surface area (Å²) >= 11 is 3.40. The number of benzene rings is 3. The first-order valence-electron chi connectivity index (χ1n) is 11.0. The Kier molecular flexibility index (Phi) is 6.72. The molecule has 0 fully saturated rings. The van der Waals surface area contributed by atoms with Crippen molar-refractivity contribution in [3.8, 4) is 22.7 Å². The Hall–Kier alpha value is -4.17. The Morgan fingerprint density at radius 2 is 1.60 bits per heavy atom. The van der Waals surface area contributed by atoms with E-state index in [1.807, 2.05) is 95.8 Å². The summed E-state index contributed by atoms with van der Waals surface area (Å²) in [5.41, 5.74) is 3.99. The molecule has 174 valence electrons. The van der Waals surface area contributed by atoms with Crippen molar-refractivity contribution in [3.05, 3.63) is 119 Å². The fourth-order valence-electron chi connectivity index (χ4n) is 3.58. The molecule has 0 spiro atoms. The van der Waals surface area contributed by atoms with Crippen LogP contribution in [0.5, 0.6) is 5.75 Å². The summed E-state index contributed by atoms with van der Waals surface area (Å²) in [6.07, 6.45) is 3.67. The van der Waals surface area contributed by atoms with Crippen LogP contribution in [0.15, 0.2) is 108 Å². The Morgan fingerprint density at radius 1 is 0.886 bits per heavy atom. The summed E-state index contributed by atoms with van der Waals surface area (Å²) in [6.45, 7) is 0.523. The van der Waals surface area contributed by atoms with E-state index in [0.29, 0.717) is 12.2 Å². The number of rotatable bonds is 8. The van der Waals surface area contributed by atoms with E-state index in [1.165, 1.54) is 0 Å². The average Bonchev–Trinajstić information content (AvgIpc) is 3.56. The summed E-state index contributed by atoms with van der Waals surface area (Å²) < 4.78 is 10.1. The maximum Gasteiger partial charge on any atom is 0.272 e. The molecule has 5 rings (SSSR count). The summed E-state index contributed by atoms with van der Waals surface area (Å²) in [4.78, 5) is 12.8. The summed E-state index contributed by atoms with van der Waals surface area (Å²) in [5.74, 6) is 0.456. The minimum absolute atomic E-state index is 0.205. The topological polar surface area (TPSA) is 74.0 Å². The molecule has 0 aliphatic rings. The Bertz CT molecular complexity index is 1410. The third-order valence-corrected chi connectivity index (χ3v) is 5.88. The number of carbonyl (C=O) groups excluding carboxylic acids is 1. The lowest BCUT2D eigenvalue weighted by molar-refractivity contribution is 0.0944. The molecular formula is C27H22BrN5O2. The van der Waals surface area contributed by atoms with Gasteiger partial charge in [-0.05, 0) is 42.5 Å². The van der Waals surface area contributed by atoms with E-state index in [-0.39, 0.29) is 12.6 Å². The van der Waals surface area contributed by atoms with Crippen LogP contribution in [0.3, 0.4) is 0 Å². The standard InChI is InChI=1S/C27H22BrN5O2/c28-22-11-13-24(14-12-22)35-19-32-16-15-25(30-32)27(34)29-17-21-18-33(23-9-5-2-6-10-23)31-26(21)20-7-3-1-4-8-20/h1-16,18H,17,19H2,(H,29,34). The molecular weight excluding hydrogens is 506 g/mol. The number of nitrogens with one attached hydrogen (secondary N) is 1. The molecule has 2 heterocycles. The zero-order valence-corrected chi connectivity index (χ0v) is 20.3. The Morgan fingerprint density at radius 3 is 2.34 bits per heavy atom. The van der Waals surface area contributed by atoms with Crippen LogP contribution in [-0.2, 0) is 13.3 Å². The van der Waals surface area contributed by atoms with Crippen molar-refractivity contribution < 1.29 is 9.53 Å². The summed E-state index contributed by atoms with van der Waals surface area (Å²) in [7, 11) is 0. The fourth-order valence-corrected chi connectivity index (χ4v) is 3.85. The van der Waals surface area contributed by atoms with Crippen molar-refractivity contribution in [1.82, 2.24) is 24.9 Å². The Balaban J connectivity index is 1.28. The van der Waals surface area contributed by atoms with E-state index in [2.05, 4.69) is 26.3 Å². The zero-order chi connectivity index (χ0) is 24.0. The normalized spacial score (nSPS) is 10.8. The molecule has 0 radical (unpaired) electrons. The lowest BCUT2D eigenvalue weighted by Gasteiger charge is -2.06. The van der Waals surface area contributed by atoms with Crippen LogP contribution in [0, 0.1) is 0 Å². The highest BCUT2D eigenvalue weighted by molar-refractivity contribution is 9.10.